The summed E-state index contributed by atoms with van der Waals surface area (Å²) in [5, 5.41) is 7.07. The molecule has 176 valence electrons. The molecule has 0 fully saturated rings. The van der Waals surface area contributed by atoms with E-state index in [-0.39, 0.29) is 0 Å². The first kappa shape index (κ1) is 24.8. The molecule has 8 heteroatoms. The van der Waals surface area contributed by atoms with Gasteiger partial charge in [-0.25, -0.2) is 5.43 Å². The summed E-state index contributed by atoms with van der Waals surface area (Å²) in [7, 11) is 0. The fraction of sp³-hybridized carbons (Fsp3) is 0.192. The number of anilines is 1. The summed E-state index contributed by atoms with van der Waals surface area (Å²) >= 11 is 5.92. The minimum atomic E-state index is -0.872. The van der Waals surface area contributed by atoms with E-state index in [9.17, 15) is 9.59 Å². The monoisotopic (exact) mass is 479 g/mol. The molecule has 0 aliphatic heterocycles. The zero-order valence-electron chi connectivity index (χ0n) is 19.0. The Balaban J connectivity index is 1.57. The van der Waals surface area contributed by atoms with Gasteiger partial charge < -0.3 is 14.8 Å². The number of amides is 2. The van der Waals surface area contributed by atoms with E-state index in [1.54, 1.807) is 42.5 Å². The molecule has 0 bridgehead atoms. The maximum absolute atomic E-state index is 12.1. The average Bonchev–Trinajstić information content (AvgIpc) is 2.85. The van der Waals surface area contributed by atoms with Gasteiger partial charge in [0.05, 0.1) is 12.8 Å². The van der Waals surface area contributed by atoms with Gasteiger partial charge in [0.15, 0.2) is 11.5 Å². The van der Waals surface area contributed by atoms with Crippen molar-refractivity contribution < 1.29 is 19.1 Å². The number of hydrazone groups is 1. The molecule has 7 nitrogen and oxygen atoms in total. The van der Waals surface area contributed by atoms with Crippen LogP contribution >= 0.6 is 11.6 Å². The summed E-state index contributed by atoms with van der Waals surface area (Å²) in [5.74, 6) is -0.558. The Hall–Kier alpha value is -3.84. The average molecular weight is 480 g/mol. The van der Waals surface area contributed by atoms with Gasteiger partial charge in [-0.3, -0.25) is 9.59 Å². The number of carbonyl (C=O) groups excluding carboxylic acids is 2. The molecule has 3 aromatic rings. The van der Waals surface area contributed by atoms with Crippen molar-refractivity contribution in [2.45, 2.75) is 26.9 Å². The predicted molar refractivity (Wildman–Crippen MR) is 134 cm³/mol. The van der Waals surface area contributed by atoms with Crippen LogP contribution in [0.15, 0.2) is 71.8 Å². The van der Waals surface area contributed by atoms with Gasteiger partial charge in [0.2, 0.25) is 0 Å². The van der Waals surface area contributed by atoms with Crippen LogP contribution in [0.4, 0.5) is 5.69 Å². The van der Waals surface area contributed by atoms with E-state index >= 15 is 0 Å². The summed E-state index contributed by atoms with van der Waals surface area (Å²) < 4.78 is 11.6. The summed E-state index contributed by atoms with van der Waals surface area (Å²) in [4.78, 5) is 24.1. The lowest BCUT2D eigenvalue weighted by atomic mass is 10.1. The SMILES string of the molecule is CCOc1cc(C=NNC(=O)C(=O)Nc2ccc(CC)cc2)ccc1OCc1ccc(Cl)cc1. The predicted octanol–water partition coefficient (Wildman–Crippen LogP) is 4.97. The molecule has 0 heterocycles. The molecule has 0 spiro atoms. The highest BCUT2D eigenvalue weighted by molar-refractivity contribution is 6.39. The van der Waals surface area contributed by atoms with Crippen molar-refractivity contribution in [3.63, 3.8) is 0 Å². The Morgan fingerprint density at radius 1 is 0.882 bits per heavy atom. The van der Waals surface area contributed by atoms with Crippen molar-refractivity contribution in [3.05, 3.63) is 88.4 Å². The van der Waals surface area contributed by atoms with Crippen LogP contribution in [0.25, 0.3) is 0 Å². The normalized spacial score (nSPS) is 10.7. The van der Waals surface area contributed by atoms with Gasteiger partial charge in [-0.2, -0.15) is 5.10 Å². The lowest BCUT2D eigenvalue weighted by molar-refractivity contribution is -0.136. The fourth-order valence-corrected chi connectivity index (χ4v) is 3.09. The van der Waals surface area contributed by atoms with Crippen LogP contribution in [0.1, 0.15) is 30.5 Å². The van der Waals surface area contributed by atoms with Crippen molar-refractivity contribution in [3.8, 4) is 11.5 Å². The van der Waals surface area contributed by atoms with Crippen molar-refractivity contribution in [2.24, 2.45) is 5.10 Å². The number of benzene rings is 3. The van der Waals surface area contributed by atoms with E-state index in [1.807, 2.05) is 38.1 Å². The van der Waals surface area contributed by atoms with Crippen LogP contribution in [-0.4, -0.2) is 24.6 Å². The number of hydrogen-bond donors (Lipinski definition) is 2. The molecule has 2 N–H and O–H groups in total. The number of aryl methyl sites for hydroxylation is 1. The van der Waals surface area contributed by atoms with Gasteiger partial charge in [-0.15, -0.1) is 0 Å². The molecule has 3 aromatic carbocycles. The number of hydrogen-bond acceptors (Lipinski definition) is 5. The lowest BCUT2D eigenvalue weighted by Crippen LogP contribution is -2.32. The molecule has 0 saturated heterocycles. The van der Waals surface area contributed by atoms with Gasteiger partial charge in [-0.05, 0) is 72.5 Å². The topological polar surface area (TPSA) is 89.0 Å². The van der Waals surface area contributed by atoms with Crippen molar-refractivity contribution >= 4 is 35.3 Å². The maximum atomic E-state index is 12.1. The summed E-state index contributed by atoms with van der Waals surface area (Å²) in [6.07, 6.45) is 2.32. The summed E-state index contributed by atoms with van der Waals surface area (Å²) in [6, 6.07) is 20.0. The third-order valence-electron chi connectivity index (χ3n) is 4.78. The molecule has 0 aliphatic rings. The third kappa shape index (κ3) is 7.35. The number of halogens is 1. The van der Waals surface area contributed by atoms with Gasteiger partial charge >= 0.3 is 11.8 Å². The van der Waals surface area contributed by atoms with E-state index in [0.29, 0.717) is 41.0 Å². The van der Waals surface area contributed by atoms with Gasteiger partial charge in [0, 0.05) is 10.7 Å². The van der Waals surface area contributed by atoms with E-state index in [1.165, 1.54) is 6.21 Å². The number of carbonyl (C=O) groups is 2. The standard InChI is InChI=1S/C26H26ClN3O4/c1-3-18-7-12-22(13-8-18)29-25(31)26(32)30-28-16-20-9-14-23(24(15-20)33-4-2)34-17-19-5-10-21(27)11-6-19/h5-16H,3-4,17H2,1-2H3,(H,29,31)(H,30,32). The molecule has 0 aromatic heterocycles. The van der Waals surface area contributed by atoms with Gasteiger partial charge in [0.25, 0.3) is 0 Å². The Morgan fingerprint density at radius 2 is 1.59 bits per heavy atom. The van der Waals surface area contributed by atoms with E-state index in [4.69, 9.17) is 21.1 Å². The molecule has 0 aliphatic carbocycles. The highest BCUT2D eigenvalue weighted by Crippen LogP contribution is 2.29. The minimum absolute atomic E-state index is 0.358. The molecular formula is C26H26ClN3O4. The van der Waals surface area contributed by atoms with Gasteiger partial charge in [-0.1, -0.05) is 42.8 Å². The molecule has 34 heavy (non-hydrogen) atoms. The van der Waals surface area contributed by atoms with Gasteiger partial charge in [0.1, 0.15) is 6.61 Å². The molecular weight excluding hydrogens is 454 g/mol. The smallest absolute Gasteiger partial charge is 0.329 e. The maximum Gasteiger partial charge on any atom is 0.329 e. The van der Waals surface area contributed by atoms with Crippen molar-refractivity contribution in [1.29, 1.82) is 0 Å². The summed E-state index contributed by atoms with van der Waals surface area (Å²) in [5.41, 5.74) is 5.54. The highest BCUT2D eigenvalue weighted by Gasteiger charge is 2.13. The Bertz CT molecular complexity index is 1150. The Kier molecular flexibility index (Phi) is 9.05. The molecule has 0 atom stereocenters. The third-order valence-corrected chi connectivity index (χ3v) is 5.03. The second kappa shape index (κ2) is 12.4. The van der Waals surface area contributed by atoms with Crippen LogP contribution in [0.5, 0.6) is 11.5 Å². The lowest BCUT2D eigenvalue weighted by Gasteiger charge is -2.12. The minimum Gasteiger partial charge on any atom is -0.490 e. The van der Waals surface area contributed by atoms with Crippen molar-refractivity contribution in [1.82, 2.24) is 5.43 Å². The second-order valence-electron chi connectivity index (χ2n) is 7.26. The highest BCUT2D eigenvalue weighted by atomic mass is 35.5. The molecule has 0 radical (unpaired) electrons. The zero-order chi connectivity index (χ0) is 24.3. The number of rotatable bonds is 9. The largest absolute Gasteiger partial charge is 0.490 e. The number of nitrogens with one attached hydrogen (secondary N) is 2. The van der Waals surface area contributed by atoms with Crippen LogP contribution in [0, 0.1) is 0 Å². The van der Waals surface area contributed by atoms with Crippen molar-refractivity contribution in [2.75, 3.05) is 11.9 Å². The first-order valence-corrected chi connectivity index (χ1v) is 11.2. The first-order chi connectivity index (χ1) is 16.5. The fourth-order valence-electron chi connectivity index (χ4n) is 2.96. The molecule has 2 amide bonds. The van der Waals surface area contributed by atoms with E-state index in [2.05, 4.69) is 15.8 Å². The quantitative estimate of drug-likeness (QED) is 0.257. The zero-order valence-corrected chi connectivity index (χ0v) is 19.8. The molecule has 3 rings (SSSR count). The second-order valence-corrected chi connectivity index (χ2v) is 7.69. The van der Waals surface area contributed by atoms with Crippen LogP contribution < -0.4 is 20.2 Å². The summed E-state index contributed by atoms with van der Waals surface area (Å²) in [6.45, 7) is 4.72. The van der Waals surface area contributed by atoms with Crippen LogP contribution in [0.3, 0.4) is 0 Å². The van der Waals surface area contributed by atoms with Crippen LogP contribution in [-0.2, 0) is 22.6 Å². The Labute approximate surface area is 203 Å². The number of ether oxygens (including phenoxy) is 2. The first-order valence-electron chi connectivity index (χ1n) is 10.9. The van der Waals surface area contributed by atoms with E-state index in [0.717, 1.165) is 17.5 Å². The number of nitrogens with zero attached hydrogens (tertiary/aromatic N) is 1. The molecule has 0 saturated carbocycles. The van der Waals surface area contributed by atoms with E-state index < -0.39 is 11.8 Å². The molecule has 0 unspecified atom stereocenters. The van der Waals surface area contributed by atoms with Crippen LogP contribution in [0.2, 0.25) is 5.02 Å². The Morgan fingerprint density at radius 3 is 2.26 bits per heavy atom.